The molecule has 0 saturated heterocycles. The number of aromatic nitrogens is 1. The fourth-order valence-electron chi connectivity index (χ4n) is 2.66. The zero-order valence-electron chi connectivity index (χ0n) is 14.1. The van der Waals surface area contributed by atoms with Crippen LogP contribution in [0.3, 0.4) is 0 Å². The SMILES string of the molecule is O=C(NCc1cccs1)c1cccc(NC(=O)c2nsc3ccccc23)c1. The van der Waals surface area contributed by atoms with E-state index < -0.39 is 0 Å². The summed E-state index contributed by atoms with van der Waals surface area (Å²) in [4.78, 5) is 26.0. The molecule has 2 amide bonds. The minimum atomic E-state index is -0.288. The van der Waals surface area contributed by atoms with Crippen molar-refractivity contribution in [1.82, 2.24) is 9.69 Å². The molecular weight excluding hydrogens is 378 g/mol. The number of carbonyl (C=O) groups excluding carboxylic acids is 2. The minimum absolute atomic E-state index is 0.182. The van der Waals surface area contributed by atoms with Crippen molar-refractivity contribution in [3.05, 3.63) is 82.2 Å². The number of nitrogens with zero attached hydrogens (tertiary/aromatic N) is 1. The highest BCUT2D eigenvalue weighted by Gasteiger charge is 2.15. The Hall–Kier alpha value is -3.03. The maximum absolute atomic E-state index is 12.6. The predicted molar refractivity (Wildman–Crippen MR) is 110 cm³/mol. The number of benzene rings is 2. The van der Waals surface area contributed by atoms with Crippen LogP contribution in [0.25, 0.3) is 10.1 Å². The molecule has 0 aliphatic carbocycles. The number of hydrogen-bond donors (Lipinski definition) is 2. The molecule has 4 aromatic rings. The van der Waals surface area contributed by atoms with Crippen molar-refractivity contribution in [2.75, 3.05) is 5.32 Å². The molecule has 5 nitrogen and oxygen atoms in total. The molecule has 0 saturated carbocycles. The summed E-state index contributed by atoms with van der Waals surface area (Å²) in [5.74, 6) is -0.470. The highest BCUT2D eigenvalue weighted by atomic mass is 32.1. The Morgan fingerprint density at radius 3 is 2.70 bits per heavy atom. The van der Waals surface area contributed by atoms with Crippen LogP contribution in [0.15, 0.2) is 66.0 Å². The van der Waals surface area contributed by atoms with E-state index in [9.17, 15) is 9.59 Å². The molecule has 0 fully saturated rings. The van der Waals surface area contributed by atoms with Crippen molar-refractivity contribution in [3.8, 4) is 0 Å². The first-order chi connectivity index (χ1) is 13.2. The quantitative estimate of drug-likeness (QED) is 0.523. The van der Waals surface area contributed by atoms with E-state index >= 15 is 0 Å². The van der Waals surface area contributed by atoms with Gasteiger partial charge in [0.2, 0.25) is 0 Å². The summed E-state index contributed by atoms with van der Waals surface area (Å²) in [6, 6.07) is 18.4. The van der Waals surface area contributed by atoms with Crippen molar-refractivity contribution in [1.29, 1.82) is 0 Å². The van der Waals surface area contributed by atoms with Crippen molar-refractivity contribution < 1.29 is 9.59 Å². The molecule has 2 heterocycles. The number of fused-ring (bicyclic) bond motifs is 1. The Morgan fingerprint density at radius 2 is 1.85 bits per heavy atom. The topological polar surface area (TPSA) is 71.1 Å². The maximum atomic E-state index is 12.6. The van der Waals surface area contributed by atoms with E-state index in [1.807, 2.05) is 41.8 Å². The van der Waals surface area contributed by atoms with Gasteiger partial charge in [-0.1, -0.05) is 30.3 Å². The second-order valence-electron chi connectivity index (χ2n) is 5.82. The molecule has 2 aromatic heterocycles. The standard InChI is InChI=1S/C20H15N3O2S2/c24-19(21-12-15-7-4-10-26-15)13-5-3-6-14(11-13)22-20(25)18-16-8-1-2-9-17(16)27-23-18/h1-11H,12H2,(H,21,24)(H,22,25). The lowest BCUT2D eigenvalue weighted by Gasteiger charge is -2.07. The van der Waals surface area contributed by atoms with Gasteiger partial charge in [-0.25, -0.2) is 0 Å². The van der Waals surface area contributed by atoms with Crippen molar-refractivity contribution in [2.45, 2.75) is 6.54 Å². The van der Waals surface area contributed by atoms with Gasteiger partial charge in [-0.2, -0.15) is 4.37 Å². The molecule has 0 spiro atoms. The highest BCUT2D eigenvalue weighted by Crippen LogP contribution is 2.23. The van der Waals surface area contributed by atoms with E-state index in [0.717, 1.165) is 15.0 Å². The number of rotatable bonds is 5. The van der Waals surface area contributed by atoms with E-state index in [1.165, 1.54) is 11.5 Å². The van der Waals surface area contributed by atoms with Crippen LogP contribution in [0, 0.1) is 0 Å². The number of amides is 2. The van der Waals surface area contributed by atoms with Crippen molar-refractivity contribution >= 4 is 50.5 Å². The lowest BCUT2D eigenvalue weighted by molar-refractivity contribution is 0.0950. The molecule has 0 bridgehead atoms. The molecule has 7 heteroatoms. The number of thiophene rings is 1. The molecule has 0 unspecified atom stereocenters. The first-order valence-electron chi connectivity index (χ1n) is 8.27. The Labute approximate surface area is 163 Å². The Balaban J connectivity index is 1.47. The minimum Gasteiger partial charge on any atom is -0.347 e. The van der Waals surface area contributed by atoms with E-state index in [1.54, 1.807) is 35.6 Å². The summed E-state index contributed by atoms with van der Waals surface area (Å²) < 4.78 is 5.22. The summed E-state index contributed by atoms with van der Waals surface area (Å²) in [6.45, 7) is 0.484. The van der Waals surface area contributed by atoms with Gasteiger partial charge in [-0.3, -0.25) is 9.59 Å². The first-order valence-corrected chi connectivity index (χ1v) is 9.92. The molecule has 0 atom stereocenters. The summed E-state index contributed by atoms with van der Waals surface area (Å²) in [7, 11) is 0. The van der Waals surface area contributed by atoms with Crippen LogP contribution in [-0.2, 0) is 6.54 Å². The first kappa shape index (κ1) is 17.4. The molecule has 0 aliphatic heterocycles. The van der Waals surface area contributed by atoms with Gasteiger partial charge in [0.25, 0.3) is 11.8 Å². The van der Waals surface area contributed by atoms with Gasteiger partial charge < -0.3 is 10.6 Å². The van der Waals surface area contributed by atoms with Crippen LogP contribution < -0.4 is 10.6 Å². The maximum Gasteiger partial charge on any atom is 0.276 e. The van der Waals surface area contributed by atoms with Crippen LogP contribution >= 0.6 is 22.9 Å². The third-order valence-electron chi connectivity index (χ3n) is 3.98. The number of carbonyl (C=O) groups is 2. The molecule has 2 N–H and O–H groups in total. The van der Waals surface area contributed by atoms with Crippen LogP contribution in [0.4, 0.5) is 5.69 Å². The summed E-state index contributed by atoms with van der Waals surface area (Å²) in [5, 5.41) is 8.51. The van der Waals surface area contributed by atoms with Gasteiger partial charge in [0, 0.05) is 21.5 Å². The monoisotopic (exact) mass is 393 g/mol. The third kappa shape index (κ3) is 3.89. The average Bonchev–Trinajstić information content (AvgIpc) is 3.36. The van der Waals surface area contributed by atoms with Gasteiger partial charge in [0.05, 0.1) is 11.2 Å². The van der Waals surface area contributed by atoms with Crippen LogP contribution in [-0.4, -0.2) is 16.2 Å². The molecular formula is C20H15N3O2S2. The second-order valence-corrected chi connectivity index (χ2v) is 7.66. The molecule has 2 aromatic carbocycles. The average molecular weight is 393 g/mol. The van der Waals surface area contributed by atoms with E-state index in [4.69, 9.17) is 0 Å². The summed E-state index contributed by atoms with van der Waals surface area (Å²) >= 11 is 2.89. The van der Waals surface area contributed by atoms with E-state index in [2.05, 4.69) is 15.0 Å². The van der Waals surface area contributed by atoms with Gasteiger partial charge in [0.15, 0.2) is 0 Å². The fourth-order valence-corrected chi connectivity index (χ4v) is 4.08. The summed E-state index contributed by atoms with van der Waals surface area (Å²) in [6.07, 6.45) is 0. The molecule has 134 valence electrons. The van der Waals surface area contributed by atoms with E-state index in [-0.39, 0.29) is 11.8 Å². The smallest absolute Gasteiger partial charge is 0.276 e. The largest absolute Gasteiger partial charge is 0.347 e. The zero-order valence-corrected chi connectivity index (χ0v) is 15.8. The lowest BCUT2D eigenvalue weighted by atomic mass is 10.1. The molecule has 4 rings (SSSR count). The van der Waals surface area contributed by atoms with Crippen molar-refractivity contribution in [3.63, 3.8) is 0 Å². The van der Waals surface area contributed by atoms with Gasteiger partial charge >= 0.3 is 0 Å². The van der Waals surface area contributed by atoms with Gasteiger partial charge in [-0.15, -0.1) is 11.3 Å². The zero-order chi connectivity index (χ0) is 18.6. The van der Waals surface area contributed by atoms with Gasteiger partial charge in [0.1, 0.15) is 5.69 Å². The fraction of sp³-hybridized carbons (Fsp3) is 0.0500. The molecule has 0 radical (unpaired) electrons. The Kier molecular flexibility index (Phi) is 4.95. The van der Waals surface area contributed by atoms with Gasteiger partial charge in [-0.05, 0) is 47.2 Å². The van der Waals surface area contributed by atoms with Crippen LogP contribution in [0.1, 0.15) is 25.7 Å². The highest BCUT2D eigenvalue weighted by molar-refractivity contribution is 7.13. The summed E-state index contributed by atoms with van der Waals surface area (Å²) in [5.41, 5.74) is 1.44. The predicted octanol–water partition coefficient (Wildman–Crippen LogP) is 4.54. The number of anilines is 1. The second kappa shape index (κ2) is 7.69. The van der Waals surface area contributed by atoms with Crippen LogP contribution in [0.2, 0.25) is 0 Å². The normalized spacial score (nSPS) is 10.7. The number of nitrogens with one attached hydrogen (secondary N) is 2. The van der Waals surface area contributed by atoms with Crippen molar-refractivity contribution in [2.24, 2.45) is 0 Å². The van der Waals surface area contributed by atoms with E-state index in [0.29, 0.717) is 23.5 Å². The molecule has 0 aliphatic rings. The lowest BCUT2D eigenvalue weighted by Crippen LogP contribution is -2.22. The Bertz CT molecular complexity index is 1100. The Morgan fingerprint density at radius 1 is 0.963 bits per heavy atom. The van der Waals surface area contributed by atoms with Crippen LogP contribution in [0.5, 0.6) is 0 Å². The number of hydrogen-bond acceptors (Lipinski definition) is 5. The third-order valence-corrected chi connectivity index (χ3v) is 5.68. The molecule has 27 heavy (non-hydrogen) atoms.